The van der Waals surface area contributed by atoms with Crippen LogP contribution in [0.15, 0.2) is 0 Å². The van der Waals surface area contributed by atoms with Crippen molar-refractivity contribution < 1.29 is 19.5 Å². The van der Waals surface area contributed by atoms with Crippen LogP contribution in [-0.4, -0.2) is 29.9 Å². The number of hydrogen-bond donors (Lipinski definition) is 2. The Morgan fingerprint density at radius 2 is 2.00 bits per heavy atom. The van der Waals surface area contributed by atoms with Gasteiger partial charge >= 0.3 is 0 Å². The second-order valence-corrected chi connectivity index (χ2v) is 3.20. The van der Waals surface area contributed by atoms with Crippen molar-refractivity contribution in [3.63, 3.8) is 0 Å². The maximum absolute atomic E-state index is 11.2. The first-order chi connectivity index (χ1) is 6.50. The van der Waals surface area contributed by atoms with Crippen molar-refractivity contribution in [2.75, 3.05) is 0 Å². The SMILES string of the molecule is C[C@@H]1NC(=O)[C@H](CCC(=O)[O-])NC1=O. The van der Waals surface area contributed by atoms with E-state index in [9.17, 15) is 19.5 Å². The van der Waals surface area contributed by atoms with Gasteiger partial charge in [-0.1, -0.05) is 0 Å². The Balaban J connectivity index is 2.49. The fourth-order valence-corrected chi connectivity index (χ4v) is 1.21. The van der Waals surface area contributed by atoms with E-state index in [0.29, 0.717) is 0 Å². The fraction of sp³-hybridized carbons (Fsp3) is 0.625. The minimum absolute atomic E-state index is 0.0621. The van der Waals surface area contributed by atoms with Gasteiger partial charge in [-0.15, -0.1) is 0 Å². The molecule has 0 aromatic carbocycles. The molecule has 0 bridgehead atoms. The number of nitrogens with one attached hydrogen (secondary N) is 2. The normalized spacial score (nSPS) is 26.6. The van der Waals surface area contributed by atoms with E-state index in [-0.39, 0.29) is 24.7 Å². The molecule has 2 N–H and O–H groups in total. The number of carbonyl (C=O) groups is 3. The minimum atomic E-state index is -1.23. The van der Waals surface area contributed by atoms with Gasteiger partial charge in [0.2, 0.25) is 11.8 Å². The van der Waals surface area contributed by atoms with Crippen LogP contribution in [0.2, 0.25) is 0 Å². The number of carboxylic acids is 1. The molecule has 1 fully saturated rings. The number of amides is 2. The standard InChI is InChI=1S/C8H12N2O4/c1-4-7(13)10-5(8(14)9-4)2-3-6(11)12/h4-5H,2-3H2,1H3,(H,9,14)(H,10,13)(H,11,12)/p-1/t4-,5-/m0/s1. The molecule has 1 heterocycles. The van der Waals surface area contributed by atoms with E-state index in [2.05, 4.69) is 10.6 Å². The highest BCUT2D eigenvalue weighted by atomic mass is 16.4. The average molecular weight is 199 g/mol. The number of aliphatic carboxylic acids is 1. The lowest BCUT2D eigenvalue weighted by atomic mass is 10.1. The maximum Gasteiger partial charge on any atom is 0.243 e. The molecule has 78 valence electrons. The predicted molar refractivity (Wildman–Crippen MR) is 43.8 cm³/mol. The van der Waals surface area contributed by atoms with E-state index < -0.39 is 18.1 Å². The van der Waals surface area contributed by atoms with Crippen LogP contribution in [0.3, 0.4) is 0 Å². The lowest BCUT2D eigenvalue weighted by Crippen LogP contribution is -2.60. The number of piperazine rings is 1. The van der Waals surface area contributed by atoms with Gasteiger partial charge in [-0.05, 0) is 19.8 Å². The molecule has 0 aromatic heterocycles. The quantitative estimate of drug-likeness (QED) is 0.525. The van der Waals surface area contributed by atoms with Crippen LogP contribution < -0.4 is 15.7 Å². The molecule has 14 heavy (non-hydrogen) atoms. The van der Waals surface area contributed by atoms with Crippen molar-refractivity contribution in [3.05, 3.63) is 0 Å². The summed E-state index contributed by atoms with van der Waals surface area (Å²) in [4.78, 5) is 32.5. The van der Waals surface area contributed by atoms with Crippen molar-refractivity contribution in [1.29, 1.82) is 0 Å². The van der Waals surface area contributed by atoms with Crippen LogP contribution >= 0.6 is 0 Å². The van der Waals surface area contributed by atoms with Gasteiger partial charge < -0.3 is 20.5 Å². The highest BCUT2D eigenvalue weighted by Gasteiger charge is 2.30. The van der Waals surface area contributed by atoms with E-state index >= 15 is 0 Å². The molecule has 1 aliphatic rings. The number of hydrogen-bond acceptors (Lipinski definition) is 4. The molecule has 0 unspecified atom stereocenters. The van der Waals surface area contributed by atoms with Gasteiger partial charge in [-0.3, -0.25) is 9.59 Å². The first kappa shape index (κ1) is 10.5. The Kier molecular flexibility index (Phi) is 3.06. The topological polar surface area (TPSA) is 98.3 Å². The molecule has 6 nitrogen and oxygen atoms in total. The van der Waals surface area contributed by atoms with Crippen LogP contribution in [0, 0.1) is 0 Å². The molecular formula is C8H11N2O4-. The summed E-state index contributed by atoms with van der Waals surface area (Å²) in [6.45, 7) is 1.56. The van der Waals surface area contributed by atoms with Crippen molar-refractivity contribution in [2.45, 2.75) is 31.8 Å². The van der Waals surface area contributed by atoms with Crippen LogP contribution in [0.4, 0.5) is 0 Å². The van der Waals surface area contributed by atoms with E-state index in [1.165, 1.54) is 0 Å². The van der Waals surface area contributed by atoms with Gasteiger partial charge in [-0.2, -0.15) is 0 Å². The molecular weight excluding hydrogens is 188 g/mol. The maximum atomic E-state index is 11.2. The van der Waals surface area contributed by atoms with Crippen molar-refractivity contribution >= 4 is 17.8 Å². The van der Waals surface area contributed by atoms with Crippen molar-refractivity contribution in [1.82, 2.24) is 10.6 Å². The van der Waals surface area contributed by atoms with Crippen molar-refractivity contribution in [2.24, 2.45) is 0 Å². The zero-order chi connectivity index (χ0) is 10.7. The molecule has 1 rings (SSSR count). The molecule has 0 aliphatic carbocycles. The van der Waals surface area contributed by atoms with E-state index in [0.717, 1.165) is 0 Å². The molecule has 1 aliphatic heterocycles. The third kappa shape index (κ3) is 2.45. The molecule has 0 aromatic rings. The third-order valence-corrected chi connectivity index (χ3v) is 2.02. The number of carboxylic acid groups (broad SMARTS) is 1. The summed E-state index contributed by atoms with van der Waals surface area (Å²) in [6.07, 6.45) is -0.181. The van der Waals surface area contributed by atoms with Crippen LogP contribution in [0.1, 0.15) is 19.8 Å². The average Bonchev–Trinajstić information content (AvgIpc) is 2.09. The van der Waals surface area contributed by atoms with Crippen LogP contribution in [-0.2, 0) is 14.4 Å². The minimum Gasteiger partial charge on any atom is -0.550 e. The van der Waals surface area contributed by atoms with Gasteiger partial charge in [0.25, 0.3) is 0 Å². The number of rotatable bonds is 3. The Bertz CT molecular complexity index is 277. The summed E-state index contributed by atoms with van der Waals surface area (Å²) in [5.74, 6) is -1.88. The first-order valence-corrected chi connectivity index (χ1v) is 4.31. The highest BCUT2D eigenvalue weighted by Crippen LogP contribution is 2.02. The van der Waals surface area contributed by atoms with Gasteiger partial charge in [0.15, 0.2) is 0 Å². The third-order valence-electron chi connectivity index (χ3n) is 2.02. The van der Waals surface area contributed by atoms with Gasteiger partial charge in [0, 0.05) is 5.97 Å². The molecule has 2 amide bonds. The molecule has 2 atom stereocenters. The second kappa shape index (κ2) is 4.08. The molecule has 0 spiro atoms. The summed E-state index contributed by atoms with van der Waals surface area (Å²) in [6, 6.07) is -1.31. The van der Waals surface area contributed by atoms with E-state index in [1.54, 1.807) is 6.92 Å². The molecule has 0 radical (unpaired) electrons. The van der Waals surface area contributed by atoms with Crippen LogP contribution in [0.5, 0.6) is 0 Å². The monoisotopic (exact) mass is 199 g/mol. The molecule has 1 saturated heterocycles. The smallest absolute Gasteiger partial charge is 0.243 e. The van der Waals surface area contributed by atoms with Crippen molar-refractivity contribution in [3.8, 4) is 0 Å². The lowest BCUT2D eigenvalue weighted by molar-refractivity contribution is -0.305. The molecule has 0 saturated carbocycles. The van der Waals surface area contributed by atoms with Gasteiger partial charge in [0.05, 0.1) is 0 Å². The van der Waals surface area contributed by atoms with E-state index in [4.69, 9.17) is 0 Å². The summed E-state index contributed by atoms with van der Waals surface area (Å²) < 4.78 is 0. The summed E-state index contributed by atoms with van der Waals surface area (Å²) in [5, 5.41) is 15.0. The van der Waals surface area contributed by atoms with E-state index in [1.807, 2.05) is 0 Å². The largest absolute Gasteiger partial charge is 0.550 e. The zero-order valence-electron chi connectivity index (χ0n) is 7.70. The van der Waals surface area contributed by atoms with Crippen LogP contribution in [0.25, 0.3) is 0 Å². The lowest BCUT2D eigenvalue weighted by Gasteiger charge is -2.27. The fourth-order valence-electron chi connectivity index (χ4n) is 1.21. The second-order valence-electron chi connectivity index (χ2n) is 3.20. The summed E-state index contributed by atoms with van der Waals surface area (Å²) in [5.41, 5.74) is 0. The predicted octanol–water partition coefficient (Wildman–Crippen LogP) is -2.48. The number of carbonyl (C=O) groups excluding carboxylic acids is 3. The zero-order valence-corrected chi connectivity index (χ0v) is 7.70. The summed E-state index contributed by atoms with van der Waals surface area (Å²) >= 11 is 0. The van der Waals surface area contributed by atoms with Gasteiger partial charge in [0.1, 0.15) is 12.1 Å². The Hall–Kier alpha value is -1.59. The Morgan fingerprint density at radius 3 is 2.57 bits per heavy atom. The molecule has 6 heteroatoms. The first-order valence-electron chi connectivity index (χ1n) is 4.31. The Labute approximate surface area is 80.7 Å². The summed E-state index contributed by atoms with van der Waals surface area (Å²) in [7, 11) is 0. The Morgan fingerprint density at radius 1 is 1.36 bits per heavy atom. The highest BCUT2D eigenvalue weighted by molar-refractivity contribution is 5.96. The van der Waals surface area contributed by atoms with Gasteiger partial charge in [-0.25, -0.2) is 0 Å².